The van der Waals surface area contributed by atoms with Crippen LogP contribution in [0.5, 0.6) is 5.75 Å². The molecular weight excluding hydrogens is 397 g/mol. The molecule has 0 bridgehead atoms. The lowest BCUT2D eigenvalue weighted by Crippen LogP contribution is -2.40. The number of aromatic nitrogens is 1. The largest absolute Gasteiger partial charge is 0.490 e. The number of hydrogen-bond acceptors (Lipinski definition) is 4. The third-order valence-corrected chi connectivity index (χ3v) is 5.00. The summed E-state index contributed by atoms with van der Waals surface area (Å²) in [6, 6.07) is 10.3. The fourth-order valence-corrected chi connectivity index (χ4v) is 2.99. The minimum atomic E-state index is -0.365. The van der Waals surface area contributed by atoms with Crippen LogP contribution < -0.4 is 20.7 Å². The first-order valence-electron chi connectivity index (χ1n) is 10.6. The van der Waals surface area contributed by atoms with Gasteiger partial charge in [-0.1, -0.05) is 12.1 Å². The van der Waals surface area contributed by atoms with E-state index < -0.39 is 0 Å². The molecule has 1 saturated carbocycles. The van der Waals surface area contributed by atoms with Gasteiger partial charge in [-0.3, -0.25) is 9.79 Å². The van der Waals surface area contributed by atoms with Gasteiger partial charge in [0.25, 0.3) is 0 Å². The Morgan fingerprint density at radius 1 is 1.32 bits per heavy atom. The molecule has 2 aromatic rings. The molecule has 1 unspecified atom stereocenters. The summed E-state index contributed by atoms with van der Waals surface area (Å²) in [5, 5.41) is 9.08. The van der Waals surface area contributed by atoms with Crippen LogP contribution in [0.3, 0.4) is 0 Å². The second kappa shape index (κ2) is 10.7. The van der Waals surface area contributed by atoms with E-state index in [-0.39, 0.29) is 24.2 Å². The molecule has 8 heteroatoms. The molecule has 0 radical (unpaired) electrons. The standard InChI is InChI=1S/C23H30FN5O2/c1-15-5-4-6-21(27-15)29-22(30)11-12-26-23(25-3)28-16(2)18-9-10-20(19(24)13-18)31-14-17-7-8-17/h4-6,9-10,13,16-17H,7-8,11-12,14H2,1-3H3,(H2,25,26,28)(H,27,29,30). The highest BCUT2D eigenvalue weighted by Gasteiger charge is 2.22. The van der Waals surface area contributed by atoms with Crippen LogP contribution in [0.1, 0.15) is 43.5 Å². The average Bonchev–Trinajstić information content (AvgIpc) is 3.56. The lowest BCUT2D eigenvalue weighted by atomic mass is 10.1. The van der Waals surface area contributed by atoms with E-state index in [0.29, 0.717) is 36.6 Å². The smallest absolute Gasteiger partial charge is 0.227 e. The fraction of sp³-hybridized carbons (Fsp3) is 0.435. The maximum Gasteiger partial charge on any atom is 0.227 e. The zero-order chi connectivity index (χ0) is 22.2. The topological polar surface area (TPSA) is 87.6 Å². The second-order valence-electron chi connectivity index (χ2n) is 7.77. The summed E-state index contributed by atoms with van der Waals surface area (Å²) >= 11 is 0. The first kappa shape index (κ1) is 22.5. The lowest BCUT2D eigenvalue weighted by Gasteiger charge is -2.19. The molecule has 1 amide bonds. The van der Waals surface area contributed by atoms with Crippen LogP contribution in [0.4, 0.5) is 10.2 Å². The fourth-order valence-electron chi connectivity index (χ4n) is 2.99. The van der Waals surface area contributed by atoms with E-state index in [9.17, 15) is 9.18 Å². The predicted octanol–water partition coefficient (Wildman–Crippen LogP) is 3.57. The van der Waals surface area contributed by atoms with Gasteiger partial charge in [-0.2, -0.15) is 0 Å². The molecule has 0 aliphatic heterocycles. The van der Waals surface area contributed by atoms with Crippen molar-refractivity contribution in [2.24, 2.45) is 10.9 Å². The van der Waals surface area contributed by atoms with E-state index in [1.54, 1.807) is 19.2 Å². The van der Waals surface area contributed by atoms with Crippen LogP contribution in [0.25, 0.3) is 0 Å². The minimum Gasteiger partial charge on any atom is -0.490 e. The van der Waals surface area contributed by atoms with Gasteiger partial charge in [0, 0.05) is 25.7 Å². The van der Waals surface area contributed by atoms with Crippen molar-refractivity contribution in [2.45, 2.75) is 39.2 Å². The van der Waals surface area contributed by atoms with Crippen molar-refractivity contribution >= 4 is 17.7 Å². The van der Waals surface area contributed by atoms with E-state index in [2.05, 4.69) is 25.9 Å². The Balaban J connectivity index is 1.44. The summed E-state index contributed by atoms with van der Waals surface area (Å²) in [7, 11) is 1.65. The van der Waals surface area contributed by atoms with Gasteiger partial charge in [0.15, 0.2) is 17.5 Å². The van der Waals surface area contributed by atoms with Gasteiger partial charge in [0.1, 0.15) is 5.82 Å². The normalized spacial score (nSPS) is 14.6. The highest BCUT2D eigenvalue weighted by molar-refractivity contribution is 5.90. The summed E-state index contributed by atoms with van der Waals surface area (Å²) in [5.41, 5.74) is 1.62. The van der Waals surface area contributed by atoms with Gasteiger partial charge in [0.05, 0.1) is 12.6 Å². The Morgan fingerprint density at radius 2 is 2.13 bits per heavy atom. The summed E-state index contributed by atoms with van der Waals surface area (Å²) in [6.07, 6.45) is 2.58. The quantitative estimate of drug-likeness (QED) is 0.421. The van der Waals surface area contributed by atoms with Crippen molar-refractivity contribution < 1.29 is 13.9 Å². The second-order valence-corrected chi connectivity index (χ2v) is 7.77. The summed E-state index contributed by atoms with van der Waals surface area (Å²) in [6.45, 7) is 4.76. The molecule has 3 N–H and O–H groups in total. The number of amides is 1. The van der Waals surface area contributed by atoms with Crippen LogP contribution in [-0.2, 0) is 4.79 Å². The SMILES string of the molecule is CN=C(NCCC(=O)Nc1cccc(C)n1)NC(C)c1ccc(OCC2CC2)c(F)c1. The van der Waals surface area contributed by atoms with E-state index in [0.717, 1.165) is 24.1 Å². The Morgan fingerprint density at radius 3 is 2.81 bits per heavy atom. The number of hydrogen-bond donors (Lipinski definition) is 3. The first-order valence-corrected chi connectivity index (χ1v) is 10.6. The van der Waals surface area contributed by atoms with Crippen molar-refractivity contribution in [3.05, 3.63) is 53.5 Å². The van der Waals surface area contributed by atoms with E-state index in [4.69, 9.17) is 4.74 Å². The van der Waals surface area contributed by atoms with Crippen LogP contribution in [0.15, 0.2) is 41.4 Å². The number of halogens is 1. The van der Waals surface area contributed by atoms with Gasteiger partial charge in [-0.15, -0.1) is 0 Å². The molecule has 31 heavy (non-hydrogen) atoms. The highest BCUT2D eigenvalue weighted by atomic mass is 19.1. The van der Waals surface area contributed by atoms with E-state index in [1.807, 2.05) is 32.0 Å². The monoisotopic (exact) mass is 427 g/mol. The molecule has 1 fully saturated rings. The molecule has 1 aliphatic carbocycles. The highest BCUT2D eigenvalue weighted by Crippen LogP contribution is 2.30. The number of nitrogens with one attached hydrogen (secondary N) is 3. The molecule has 1 aliphatic rings. The first-order chi connectivity index (χ1) is 14.9. The molecule has 0 spiro atoms. The van der Waals surface area contributed by atoms with Crippen molar-refractivity contribution in [3.63, 3.8) is 0 Å². The number of carbonyl (C=O) groups is 1. The molecule has 3 rings (SSSR count). The average molecular weight is 428 g/mol. The van der Waals surface area contributed by atoms with Gasteiger partial charge in [0.2, 0.25) is 5.91 Å². The summed E-state index contributed by atoms with van der Waals surface area (Å²) < 4.78 is 19.9. The molecule has 7 nitrogen and oxygen atoms in total. The van der Waals surface area contributed by atoms with Crippen LogP contribution >= 0.6 is 0 Å². The number of aryl methyl sites for hydroxylation is 1. The van der Waals surface area contributed by atoms with E-state index >= 15 is 0 Å². The maximum atomic E-state index is 14.3. The molecule has 1 aromatic heterocycles. The van der Waals surface area contributed by atoms with Crippen LogP contribution in [0, 0.1) is 18.7 Å². The number of anilines is 1. The molecule has 1 atom stereocenters. The number of nitrogens with zero attached hydrogens (tertiary/aromatic N) is 2. The Bertz CT molecular complexity index is 930. The van der Waals surface area contributed by atoms with Gasteiger partial charge >= 0.3 is 0 Å². The van der Waals surface area contributed by atoms with Gasteiger partial charge in [-0.25, -0.2) is 9.37 Å². The van der Waals surface area contributed by atoms with Gasteiger partial charge < -0.3 is 20.7 Å². The molecule has 1 aromatic carbocycles. The number of carbonyl (C=O) groups excluding carboxylic acids is 1. The third kappa shape index (κ3) is 7.24. The Hall–Kier alpha value is -3.16. The van der Waals surface area contributed by atoms with Gasteiger partial charge in [-0.05, 0) is 62.4 Å². The Kier molecular flexibility index (Phi) is 7.81. The maximum absolute atomic E-state index is 14.3. The van der Waals surface area contributed by atoms with Crippen LogP contribution in [0.2, 0.25) is 0 Å². The zero-order valence-corrected chi connectivity index (χ0v) is 18.2. The number of guanidine groups is 1. The number of aliphatic imine (C=N–C) groups is 1. The number of rotatable bonds is 9. The number of ether oxygens (including phenoxy) is 1. The van der Waals surface area contributed by atoms with Crippen molar-refractivity contribution in [3.8, 4) is 5.75 Å². The number of pyridine rings is 1. The molecular formula is C23H30FN5O2. The zero-order valence-electron chi connectivity index (χ0n) is 18.2. The predicted molar refractivity (Wildman–Crippen MR) is 120 cm³/mol. The van der Waals surface area contributed by atoms with Crippen molar-refractivity contribution in [1.82, 2.24) is 15.6 Å². The lowest BCUT2D eigenvalue weighted by molar-refractivity contribution is -0.116. The third-order valence-electron chi connectivity index (χ3n) is 5.00. The Labute approximate surface area is 182 Å². The number of benzene rings is 1. The minimum absolute atomic E-state index is 0.141. The molecule has 1 heterocycles. The van der Waals surface area contributed by atoms with Crippen LogP contribution in [-0.4, -0.2) is 37.1 Å². The molecule has 0 saturated heterocycles. The van der Waals surface area contributed by atoms with E-state index in [1.165, 1.54) is 6.07 Å². The summed E-state index contributed by atoms with van der Waals surface area (Å²) in [5.74, 6) is 1.42. The van der Waals surface area contributed by atoms with Crippen molar-refractivity contribution in [1.29, 1.82) is 0 Å². The van der Waals surface area contributed by atoms with Crippen molar-refractivity contribution in [2.75, 3.05) is 25.5 Å². The summed E-state index contributed by atoms with van der Waals surface area (Å²) in [4.78, 5) is 20.5. The molecule has 166 valence electrons.